The Bertz CT molecular complexity index is 623. The van der Waals surface area contributed by atoms with E-state index in [2.05, 4.69) is 34.6 Å². The molecule has 0 radical (unpaired) electrons. The van der Waals surface area contributed by atoms with Crippen LogP contribution in [-0.4, -0.2) is 19.1 Å². The van der Waals surface area contributed by atoms with E-state index in [1.54, 1.807) is 6.20 Å². The summed E-state index contributed by atoms with van der Waals surface area (Å²) < 4.78 is 5.74. The van der Waals surface area contributed by atoms with E-state index in [1.807, 2.05) is 57.4 Å². The van der Waals surface area contributed by atoms with Gasteiger partial charge in [0.05, 0.1) is 12.1 Å². The first kappa shape index (κ1) is 16.0. The van der Waals surface area contributed by atoms with Crippen molar-refractivity contribution in [1.29, 1.82) is 0 Å². The minimum Gasteiger partial charge on any atom is -0.445 e. The zero-order valence-electron chi connectivity index (χ0n) is 13.3. The fourth-order valence-corrected chi connectivity index (χ4v) is 2.27. The fraction of sp³-hybridized carbons (Fsp3) is 0.211. The molecule has 3 heteroatoms. The fourth-order valence-electron chi connectivity index (χ4n) is 2.27. The van der Waals surface area contributed by atoms with Crippen molar-refractivity contribution in [2.75, 3.05) is 14.1 Å². The van der Waals surface area contributed by atoms with E-state index < -0.39 is 0 Å². The van der Waals surface area contributed by atoms with Gasteiger partial charge in [0.15, 0.2) is 0 Å². The van der Waals surface area contributed by atoms with Crippen LogP contribution in [0.15, 0.2) is 71.3 Å². The molecule has 22 heavy (non-hydrogen) atoms. The highest BCUT2D eigenvalue weighted by Gasteiger charge is 2.20. The molecule has 1 heterocycles. The SMILES string of the molecule is CNC.Cc1cnc(C(c2ccccc2)c2ccccc2)o1. The second-order valence-corrected chi connectivity index (χ2v) is 5.06. The van der Waals surface area contributed by atoms with Crippen LogP contribution in [0.25, 0.3) is 0 Å². The summed E-state index contributed by atoms with van der Waals surface area (Å²) in [5.41, 5.74) is 2.38. The van der Waals surface area contributed by atoms with Gasteiger partial charge in [-0.1, -0.05) is 60.7 Å². The van der Waals surface area contributed by atoms with Gasteiger partial charge in [-0.05, 0) is 32.1 Å². The van der Waals surface area contributed by atoms with Crippen LogP contribution in [0, 0.1) is 6.92 Å². The number of aryl methyl sites for hydroxylation is 1. The maximum atomic E-state index is 5.74. The third-order valence-electron chi connectivity index (χ3n) is 3.15. The molecule has 0 aliphatic heterocycles. The Hall–Kier alpha value is -2.39. The Morgan fingerprint density at radius 2 is 1.32 bits per heavy atom. The van der Waals surface area contributed by atoms with Gasteiger partial charge in [0.1, 0.15) is 5.76 Å². The summed E-state index contributed by atoms with van der Waals surface area (Å²) >= 11 is 0. The molecule has 1 N–H and O–H groups in total. The van der Waals surface area contributed by atoms with Crippen molar-refractivity contribution in [3.05, 3.63) is 89.6 Å². The first-order chi connectivity index (χ1) is 10.8. The van der Waals surface area contributed by atoms with Gasteiger partial charge in [-0.3, -0.25) is 0 Å². The number of aromatic nitrogens is 1. The zero-order valence-corrected chi connectivity index (χ0v) is 13.3. The van der Waals surface area contributed by atoms with Crippen molar-refractivity contribution in [3.63, 3.8) is 0 Å². The van der Waals surface area contributed by atoms with Gasteiger partial charge in [0.2, 0.25) is 5.89 Å². The highest BCUT2D eigenvalue weighted by Crippen LogP contribution is 2.31. The van der Waals surface area contributed by atoms with Gasteiger partial charge in [0, 0.05) is 0 Å². The standard InChI is InChI=1S/C17H15NO.C2H7N/c1-13-12-18-17(19-13)16(14-8-4-2-5-9-14)15-10-6-3-7-11-15;1-3-2/h2-12,16H,1H3;3H,1-2H3. The topological polar surface area (TPSA) is 38.1 Å². The van der Waals surface area contributed by atoms with E-state index in [-0.39, 0.29) is 5.92 Å². The number of nitrogens with one attached hydrogen (secondary N) is 1. The minimum atomic E-state index is 0.0519. The van der Waals surface area contributed by atoms with E-state index in [0.29, 0.717) is 0 Å². The molecular formula is C19H22N2O. The van der Waals surface area contributed by atoms with Gasteiger partial charge in [0.25, 0.3) is 0 Å². The van der Waals surface area contributed by atoms with Crippen molar-refractivity contribution in [2.24, 2.45) is 0 Å². The van der Waals surface area contributed by atoms with Crippen LogP contribution in [0.5, 0.6) is 0 Å². The monoisotopic (exact) mass is 294 g/mol. The Labute approximate surface area is 132 Å². The smallest absolute Gasteiger partial charge is 0.206 e. The molecule has 3 nitrogen and oxygen atoms in total. The summed E-state index contributed by atoms with van der Waals surface area (Å²) in [6, 6.07) is 20.6. The first-order valence-corrected chi connectivity index (χ1v) is 7.37. The lowest BCUT2D eigenvalue weighted by Gasteiger charge is -2.14. The van der Waals surface area contributed by atoms with E-state index >= 15 is 0 Å². The van der Waals surface area contributed by atoms with Crippen molar-refractivity contribution in [3.8, 4) is 0 Å². The number of rotatable bonds is 3. The maximum Gasteiger partial charge on any atom is 0.206 e. The molecule has 0 amide bonds. The molecule has 0 saturated carbocycles. The Balaban J connectivity index is 0.000000545. The summed E-state index contributed by atoms with van der Waals surface area (Å²) in [5.74, 6) is 1.64. The molecule has 0 fully saturated rings. The molecular weight excluding hydrogens is 272 g/mol. The van der Waals surface area contributed by atoms with E-state index in [9.17, 15) is 0 Å². The van der Waals surface area contributed by atoms with Crippen LogP contribution in [0.4, 0.5) is 0 Å². The Kier molecular flexibility index (Phi) is 5.92. The largest absolute Gasteiger partial charge is 0.445 e. The van der Waals surface area contributed by atoms with Crippen molar-refractivity contribution < 1.29 is 4.42 Å². The molecule has 0 bridgehead atoms. The minimum absolute atomic E-state index is 0.0519. The summed E-state index contributed by atoms with van der Waals surface area (Å²) in [5, 5.41) is 2.75. The normalized spacial score (nSPS) is 10.2. The van der Waals surface area contributed by atoms with E-state index in [1.165, 1.54) is 11.1 Å². The maximum absolute atomic E-state index is 5.74. The molecule has 0 aliphatic rings. The average molecular weight is 294 g/mol. The van der Waals surface area contributed by atoms with Gasteiger partial charge in [-0.25, -0.2) is 4.98 Å². The summed E-state index contributed by atoms with van der Waals surface area (Å²) in [6.45, 7) is 1.92. The first-order valence-electron chi connectivity index (χ1n) is 7.37. The van der Waals surface area contributed by atoms with Crippen LogP contribution < -0.4 is 5.32 Å². The van der Waals surface area contributed by atoms with Crippen LogP contribution >= 0.6 is 0 Å². The molecule has 3 aromatic rings. The third-order valence-corrected chi connectivity index (χ3v) is 3.15. The number of benzene rings is 2. The predicted molar refractivity (Wildman–Crippen MR) is 90.1 cm³/mol. The highest BCUT2D eigenvalue weighted by atomic mass is 16.4. The van der Waals surface area contributed by atoms with E-state index in [0.717, 1.165) is 11.7 Å². The summed E-state index contributed by atoms with van der Waals surface area (Å²) in [6.07, 6.45) is 1.77. The summed E-state index contributed by atoms with van der Waals surface area (Å²) in [4.78, 5) is 4.40. The molecule has 3 rings (SSSR count). The van der Waals surface area contributed by atoms with Crippen LogP contribution in [0.1, 0.15) is 28.7 Å². The molecule has 0 saturated heterocycles. The number of hydrogen-bond donors (Lipinski definition) is 1. The highest BCUT2D eigenvalue weighted by molar-refractivity contribution is 5.37. The Morgan fingerprint density at radius 1 is 0.864 bits per heavy atom. The molecule has 2 aromatic carbocycles. The third kappa shape index (κ3) is 4.06. The molecule has 114 valence electrons. The van der Waals surface area contributed by atoms with Crippen molar-refractivity contribution in [2.45, 2.75) is 12.8 Å². The van der Waals surface area contributed by atoms with Crippen molar-refractivity contribution >= 4 is 0 Å². The van der Waals surface area contributed by atoms with Crippen LogP contribution in [-0.2, 0) is 0 Å². The Morgan fingerprint density at radius 3 is 1.68 bits per heavy atom. The van der Waals surface area contributed by atoms with Gasteiger partial charge < -0.3 is 9.73 Å². The molecule has 0 unspecified atom stereocenters. The molecule has 0 aliphatic carbocycles. The quantitative estimate of drug-likeness (QED) is 0.793. The van der Waals surface area contributed by atoms with Gasteiger partial charge in [-0.15, -0.1) is 0 Å². The average Bonchev–Trinajstić information content (AvgIpc) is 2.97. The number of hydrogen-bond acceptors (Lipinski definition) is 3. The number of nitrogens with zero attached hydrogens (tertiary/aromatic N) is 1. The lowest BCUT2D eigenvalue weighted by Crippen LogP contribution is -2.03. The van der Waals surface area contributed by atoms with Crippen LogP contribution in [0.2, 0.25) is 0 Å². The lowest BCUT2D eigenvalue weighted by atomic mass is 9.91. The second-order valence-electron chi connectivity index (χ2n) is 5.06. The second kappa shape index (κ2) is 8.15. The summed E-state index contributed by atoms with van der Waals surface area (Å²) in [7, 11) is 3.75. The van der Waals surface area contributed by atoms with Crippen LogP contribution in [0.3, 0.4) is 0 Å². The molecule has 0 atom stereocenters. The predicted octanol–water partition coefficient (Wildman–Crippen LogP) is 4.00. The van der Waals surface area contributed by atoms with Crippen molar-refractivity contribution in [1.82, 2.24) is 10.3 Å². The zero-order chi connectivity index (χ0) is 15.8. The van der Waals surface area contributed by atoms with Gasteiger partial charge >= 0.3 is 0 Å². The molecule has 0 spiro atoms. The molecule has 1 aromatic heterocycles. The lowest BCUT2D eigenvalue weighted by molar-refractivity contribution is 0.465. The van der Waals surface area contributed by atoms with E-state index in [4.69, 9.17) is 4.42 Å². The van der Waals surface area contributed by atoms with Gasteiger partial charge in [-0.2, -0.15) is 0 Å². The number of oxazole rings is 1.